The average Bonchev–Trinajstić information content (AvgIpc) is 3.21. The van der Waals surface area contributed by atoms with E-state index in [2.05, 4.69) is 25.3 Å². The molecule has 0 aliphatic heterocycles. The van der Waals surface area contributed by atoms with E-state index >= 15 is 0 Å². The van der Waals surface area contributed by atoms with Crippen molar-refractivity contribution >= 4 is 28.8 Å². The van der Waals surface area contributed by atoms with E-state index in [1.165, 1.54) is 18.5 Å². The normalized spacial score (nSPS) is 17.5. The van der Waals surface area contributed by atoms with Crippen molar-refractivity contribution in [2.24, 2.45) is 0 Å². The summed E-state index contributed by atoms with van der Waals surface area (Å²) in [5, 5.41) is 6.15. The van der Waals surface area contributed by atoms with Crippen LogP contribution in [-0.2, 0) is 4.74 Å². The number of fused-ring (bicyclic) bond motifs is 1. The van der Waals surface area contributed by atoms with Crippen molar-refractivity contribution in [2.45, 2.75) is 38.5 Å². The molecular formula is C21H19F3N4O5. The molecule has 0 atom stereocenters. The number of alkyl halides is 2. The van der Waals surface area contributed by atoms with Crippen LogP contribution in [0.4, 0.5) is 19.2 Å². The number of nitrogens with zero attached hydrogens (tertiary/aromatic N) is 2. The maximum absolute atomic E-state index is 14.0. The third-order valence-electron chi connectivity index (χ3n) is 5.00. The van der Waals surface area contributed by atoms with Gasteiger partial charge in [-0.25, -0.2) is 14.2 Å². The van der Waals surface area contributed by atoms with Gasteiger partial charge in [0.15, 0.2) is 11.6 Å². The lowest BCUT2D eigenvalue weighted by Crippen LogP contribution is -2.49. The van der Waals surface area contributed by atoms with Crippen LogP contribution in [0.3, 0.4) is 0 Å². The molecule has 2 N–H and O–H groups in total. The van der Waals surface area contributed by atoms with Crippen LogP contribution in [0.15, 0.2) is 35.0 Å². The second kappa shape index (κ2) is 9.35. The summed E-state index contributed by atoms with van der Waals surface area (Å²) in [6.07, 6.45) is 3.73. The van der Waals surface area contributed by atoms with Crippen LogP contribution >= 0.6 is 0 Å². The highest BCUT2D eigenvalue weighted by Gasteiger charge is 2.32. The topological polar surface area (TPSA) is 116 Å². The molecule has 2 aromatic heterocycles. The van der Waals surface area contributed by atoms with Crippen molar-refractivity contribution in [1.82, 2.24) is 15.3 Å². The number of nitrogens with one attached hydrogen (secondary N) is 2. The number of ether oxygens (including phenoxy) is 2. The van der Waals surface area contributed by atoms with Gasteiger partial charge >= 0.3 is 12.6 Å². The van der Waals surface area contributed by atoms with Gasteiger partial charge in [0, 0.05) is 29.7 Å². The summed E-state index contributed by atoms with van der Waals surface area (Å²) in [4.78, 5) is 32.1. The monoisotopic (exact) mass is 464 g/mol. The Balaban J connectivity index is 1.31. The van der Waals surface area contributed by atoms with E-state index in [0.29, 0.717) is 12.8 Å². The number of oxazole rings is 1. The van der Waals surface area contributed by atoms with E-state index in [1.807, 2.05) is 0 Å². The molecule has 1 amide bonds. The van der Waals surface area contributed by atoms with Gasteiger partial charge in [-0.15, -0.1) is 0 Å². The first-order valence-electron chi connectivity index (χ1n) is 10.1. The van der Waals surface area contributed by atoms with Crippen LogP contribution in [0.5, 0.6) is 5.75 Å². The van der Waals surface area contributed by atoms with Crippen LogP contribution in [0, 0.1) is 5.82 Å². The first kappa shape index (κ1) is 22.4. The minimum atomic E-state index is -3.16. The molecule has 0 bridgehead atoms. The number of benzene rings is 1. The van der Waals surface area contributed by atoms with Crippen LogP contribution in [-0.4, -0.2) is 47.1 Å². The maximum Gasteiger partial charge on any atom is 0.387 e. The summed E-state index contributed by atoms with van der Waals surface area (Å²) < 4.78 is 52.9. The Kier molecular flexibility index (Phi) is 6.33. The molecule has 0 spiro atoms. The van der Waals surface area contributed by atoms with Gasteiger partial charge in [-0.2, -0.15) is 8.78 Å². The van der Waals surface area contributed by atoms with Crippen molar-refractivity contribution in [3.05, 3.63) is 47.7 Å². The molecule has 4 rings (SSSR count). The molecule has 0 saturated heterocycles. The molecule has 174 valence electrons. The number of hydrogen-bond acceptors (Lipinski definition) is 8. The Morgan fingerprint density at radius 3 is 2.70 bits per heavy atom. The van der Waals surface area contributed by atoms with Crippen LogP contribution in [0.2, 0.25) is 0 Å². The Bertz CT molecular complexity index is 1180. The fraction of sp³-hybridized carbons (Fsp3) is 0.333. The van der Waals surface area contributed by atoms with Gasteiger partial charge in [-0.3, -0.25) is 9.78 Å². The first-order valence-corrected chi connectivity index (χ1v) is 10.1. The third-order valence-corrected chi connectivity index (χ3v) is 5.00. The number of hydrogen-bond donors (Lipinski definition) is 2. The number of amides is 1. The summed E-state index contributed by atoms with van der Waals surface area (Å²) in [6.45, 7) is -1.25. The number of pyridine rings is 1. The van der Waals surface area contributed by atoms with Gasteiger partial charge in [-0.1, -0.05) is 0 Å². The molecule has 2 heterocycles. The van der Waals surface area contributed by atoms with E-state index in [9.17, 15) is 22.8 Å². The summed E-state index contributed by atoms with van der Waals surface area (Å²) in [7, 11) is 0. The predicted molar refractivity (Wildman–Crippen MR) is 109 cm³/mol. The quantitative estimate of drug-likeness (QED) is 0.487. The van der Waals surface area contributed by atoms with Crippen LogP contribution in [0.1, 0.15) is 40.7 Å². The Morgan fingerprint density at radius 1 is 1.18 bits per heavy atom. The molecule has 9 nitrogen and oxygen atoms in total. The molecular weight excluding hydrogens is 445 g/mol. The lowest BCUT2D eigenvalue weighted by molar-refractivity contribution is -0.0520. The molecule has 0 radical (unpaired) electrons. The van der Waals surface area contributed by atoms with E-state index in [-0.39, 0.29) is 46.9 Å². The van der Waals surface area contributed by atoms with Crippen molar-refractivity contribution < 1.29 is 36.7 Å². The highest BCUT2D eigenvalue weighted by Crippen LogP contribution is 2.27. The van der Waals surface area contributed by atoms with Crippen molar-refractivity contribution in [2.75, 3.05) is 11.9 Å². The standard InChI is InChI=1S/C21H19F3N4O5/c1-2-31-19(30)17-9-26-21(33-17)28-13-5-12(6-13)27-18(29)11-3-10-4-14(22)16(32-20(23)24)7-15(10)25-8-11/h3-4,7-9,12-13,20H,2,5-6H2,1H3,(H,26,28)(H,27,29). The largest absolute Gasteiger partial charge is 0.460 e. The summed E-state index contributed by atoms with van der Waals surface area (Å²) in [5.41, 5.74) is 0.414. The van der Waals surface area contributed by atoms with Gasteiger partial charge in [0.05, 0.1) is 23.9 Å². The highest BCUT2D eigenvalue weighted by atomic mass is 19.3. The number of aromatic nitrogens is 2. The van der Waals surface area contributed by atoms with E-state index in [4.69, 9.17) is 9.15 Å². The predicted octanol–water partition coefficient (Wildman–Crippen LogP) is 3.51. The molecule has 1 fully saturated rings. The first-order chi connectivity index (χ1) is 15.8. The number of rotatable bonds is 8. The maximum atomic E-state index is 14.0. The summed E-state index contributed by atoms with van der Waals surface area (Å²) in [5.74, 6) is -2.60. The van der Waals surface area contributed by atoms with Crippen LogP contribution < -0.4 is 15.4 Å². The number of carbonyl (C=O) groups is 2. The zero-order valence-corrected chi connectivity index (χ0v) is 17.3. The number of halogens is 3. The van der Waals surface area contributed by atoms with Gasteiger partial charge in [0.25, 0.3) is 11.9 Å². The van der Waals surface area contributed by atoms with E-state index in [0.717, 1.165) is 12.1 Å². The Morgan fingerprint density at radius 2 is 1.97 bits per heavy atom. The number of anilines is 1. The highest BCUT2D eigenvalue weighted by molar-refractivity contribution is 5.97. The van der Waals surface area contributed by atoms with Gasteiger partial charge in [0.2, 0.25) is 5.76 Å². The minimum absolute atomic E-state index is 0.00310. The Hall–Kier alpha value is -3.83. The summed E-state index contributed by atoms with van der Waals surface area (Å²) in [6, 6.07) is 3.51. The lowest BCUT2D eigenvalue weighted by atomic mass is 9.86. The van der Waals surface area contributed by atoms with Gasteiger partial charge in [-0.05, 0) is 31.9 Å². The minimum Gasteiger partial charge on any atom is -0.460 e. The summed E-state index contributed by atoms with van der Waals surface area (Å²) >= 11 is 0. The number of carbonyl (C=O) groups excluding carboxylic acids is 2. The third kappa shape index (κ3) is 5.16. The van der Waals surface area contributed by atoms with Gasteiger partial charge < -0.3 is 24.5 Å². The number of esters is 1. The van der Waals surface area contributed by atoms with Gasteiger partial charge in [0.1, 0.15) is 0 Å². The molecule has 1 saturated carbocycles. The molecule has 33 heavy (non-hydrogen) atoms. The SMILES string of the molecule is CCOC(=O)c1cnc(NC2CC(NC(=O)c3cnc4cc(OC(F)F)c(F)cc4c3)C2)o1. The second-order valence-corrected chi connectivity index (χ2v) is 7.31. The van der Waals surface area contributed by atoms with E-state index in [1.54, 1.807) is 6.92 Å². The van der Waals surface area contributed by atoms with E-state index < -0.39 is 30.1 Å². The molecule has 1 aliphatic carbocycles. The molecule has 0 unspecified atom stereocenters. The van der Waals surface area contributed by atoms with Crippen molar-refractivity contribution in [3.63, 3.8) is 0 Å². The fourth-order valence-corrected chi connectivity index (χ4v) is 3.37. The Labute approximate surface area is 185 Å². The van der Waals surface area contributed by atoms with Crippen molar-refractivity contribution in [1.29, 1.82) is 0 Å². The second-order valence-electron chi connectivity index (χ2n) is 7.31. The molecule has 3 aromatic rings. The zero-order chi connectivity index (χ0) is 23.5. The average molecular weight is 464 g/mol. The smallest absolute Gasteiger partial charge is 0.387 e. The van der Waals surface area contributed by atoms with Crippen LogP contribution in [0.25, 0.3) is 10.9 Å². The molecule has 1 aromatic carbocycles. The zero-order valence-electron chi connectivity index (χ0n) is 17.3. The van der Waals surface area contributed by atoms with Crippen molar-refractivity contribution in [3.8, 4) is 5.75 Å². The lowest BCUT2D eigenvalue weighted by Gasteiger charge is -2.35. The molecule has 1 aliphatic rings. The fourth-order valence-electron chi connectivity index (χ4n) is 3.37. The molecule has 12 heteroatoms.